The van der Waals surface area contributed by atoms with Crippen LogP contribution in [0.3, 0.4) is 0 Å². The van der Waals surface area contributed by atoms with Crippen LogP contribution in [0.5, 0.6) is 0 Å². The van der Waals surface area contributed by atoms with Crippen molar-refractivity contribution in [2.45, 2.75) is 45.8 Å². The fourth-order valence-electron chi connectivity index (χ4n) is 2.35. The molecule has 0 aliphatic carbocycles. The molecule has 1 fully saturated rings. The van der Waals surface area contributed by atoms with Crippen LogP contribution in [-0.2, 0) is 4.74 Å². The molecule has 1 saturated heterocycles. The van der Waals surface area contributed by atoms with Crippen LogP contribution in [0.25, 0.3) is 0 Å². The van der Waals surface area contributed by atoms with E-state index in [9.17, 15) is 0 Å². The van der Waals surface area contributed by atoms with Crippen LogP contribution >= 0.6 is 11.8 Å². The second kappa shape index (κ2) is 7.53. The summed E-state index contributed by atoms with van der Waals surface area (Å²) in [6.45, 7) is 8.73. The zero-order valence-electron chi connectivity index (χ0n) is 10.3. The van der Waals surface area contributed by atoms with Crippen molar-refractivity contribution in [2.24, 2.45) is 5.92 Å². The molecule has 3 heteroatoms. The van der Waals surface area contributed by atoms with Gasteiger partial charge in [0.05, 0.1) is 12.7 Å². The van der Waals surface area contributed by atoms with Gasteiger partial charge in [0.25, 0.3) is 0 Å². The van der Waals surface area contributed by atoms with E-state index in [1.807, 2.05) is 11.8 Å². The van der Waals surface area contributed by atoms with Crippen molar-refractivity contribution in [3.63, 3.8) is 0 Å². The van der Waals surface area contributed by atoms with E-state index in [1.165, 1.54) is 12.8 Å². The highest BCUT2D eigenvalue weighted by Gasteiger charge is 2.29. The van der Waals surface area contributed by atoms with Gasteiger partial charge < -0.3 is 10.1 Å². The average Bonchev–Trinajstić information content (AvgIpc) is 2.30. The summed E-state index contributed by atoms with van der Waals surface area (Å²) >= 11 is 2.03. The van der Waals surface area contributed by atoms with Gasteiger partial charge in [-0.15, -0.1) is 0 Å². The van der Waals surface area contributed by atoms with E-state index >= 15 is 0 Å². The first kappa shape index (κ1) is 13.3. The van der Waals surface area contributed by atoms with Crippen LogP contribution in [0.1, 0.15) is 33.6 Å². The van der Waals surface area contributed by atoms with Gasteiger partial charge in [0.2, 0.25) is 0 Å². The van der Waals surface area contributed by atoms with Gasteiger partial charge in [-0.05, 0) is 12.5 Å². The first-order valence-corrected chi connectivity index (χ1v) is 7.41. The van der Waals surface area contributed by atoms with Crippen LogP contribution in [0.4, 0.5) is 0 Å². The molecule has 15 heavy (non-hydrogen) atoms. The second-order valence-electron chi connectivity index (χ2n) is 4.14. The Hall–Kier alpha value is 0.270. The maximum absolute atomic E-state index is 5.89. The average molecular weight is 231 g/mol. The summed E-state index contributed by atoms with van der Waals surface area (Å²) in [6.07, 6.45) is 2.92. The first-order valence-electron chi connectivity index (χ1n) is 6.26. The molecular formula is C12H25NOS. The summed E-state index contributed by atoms with van der Waals surface area (Å²) in [7, 11) is 0. The largest absolute Gasteiger partial charge is 0.375 e. The zero-order chi connectivity index (χ0) is 11.1. The van der Waals surface area contributed by atoms with Crippen molar-refractivity contribution >= 4 is 11.8 Å². The lowest BCUT2D eigenvalue weighted by atomic mass is 9.90. The van der Waals surface area contributed by atoms with Gasteiger partial charge in [0, 0.05) is 17.5 Å². The van der Waals surface area contributed by atoms with Crippen molar-refractivity contribution in [1.29, 1.82) is 0 Å². The highest BCUT2D eigenvalue weighted by Crippen LogP contribution is 2.23. The third-order valence-corrected chi connectivity index (χ3v) is 4.26. The Morgan fingerprint density at radius 3 is 2.53 bits per heavy atom. The molecule has 0 saturated carbocycles. The molecule has 0 spiro atoms. The van der Waals surface area contributed by atoms with E-state index < -0.39 is 0 Å². The molecule has 1 N–H and O–H groups in total. The van der Waals surface area contributed by atoms with Gasteiger partial charge in [0.1, 0.15) is 0 Å². The maximum atomic E-state index is 5.89. The lowest BCUT2D eigenvalue weighted by Crippen LogP contribution is -2.49. The number of hydrogen-bond acceptors (Lipinski definition) is 3. The number of rotatable bonds is 6. The summed E-state index contributed by atoms with van der Waals surface area (Å²) in [5, 5.41) is 3.62. The molecule has 0 aromatic rings. The molecule has 1 heterocycles. The minimum Gasteiger partial charge on any atom is -0.375 e. The van der Waals surface area contributed by atoms with E-state index in [2.05, 4.69) is 26.1 Å². The van der Waals surface area contributed by atoms with Crippen LogP contribution in [0.15, 0.2) is 0 Å². The maximum Gasteiger partial charge on any atom is 0.0821 e. The van der Waals surface area contributed by atoms with Crippen molar-refractivity contribution in [1.82, 2.24) is 5.32 Å². The summed E-state index contributed by atoms with van der Waals surface area (Å²) in [5.41, 5.74) is 0. The lowest BCUT2D eigenvalue weighted by Gasteiger charge is -2.35. The Balaban J connectivity index is 2.53. The van der Waals surface area contributed by atoms with E-state index in [-0.39, 0.29) is 0 Å². The van der Waals surface area contributed by atoms with Crippen molar-refractivity contribution < 1.29 is 4.74 Å². The predicted octanol–water partition coefficient (Wildman–Crippen LogP) is 2.53. The van der Waals surface area contributed by atoms with E-state index in [4.69, 9.17) is 4.74 Å². The molecule has 2 nitrogen and oxygen atoms in total. The third-order valence-electron chi connectivity index (χ3n) is 3.24. The second-order valence-corrected chi connectivity index (χ2v) is 5.29. The first-order chi connectivity index (χ1) is 7.33. The van der Waals surface area contributed by atoms with Crippen molar-refractivity contribution in [3.05, 3.63) is 0 Å². The van der Waals surface area contributed by atoms with Gasteiger partial charge in [-0.25, -0.2) is 0 Å². The summed E-state index contributed by atoms with van der Waals surface area (Å²) in [4.78, 5) is 0. The van der Waals surface area contributed by atoms with Gasteiger partial charge in [-0.1, -0.05) is 33.6 Å². The highest BCUT2D eigenvalue weighted by molar-refractivity contribution is 7.99. The molecule has 0 bridgehead atoms. The highest BCUT2D eigenvalue weighted by atomic mass is 32.2. The minimum absolute atomic E-state index is 0.425. The molecular weight excluding hydrogens is 206 g/mol. The molecule has 0 amide bonds. The summed E-state index contributed by atoms with van der Waals surface area (Å²) in [5.74, 6) is 3.08. The molecule has 0 aromatic heterocycles. The van der Waals surface area contributed by atoms with Gasteiger partial charge in [0.15, 0.2) is 0 Å². The van der Waals surface area contributed by atoms with Crippen molar-refractivity contribution in [2.75, 3.05) is 24.7 Å². The summed E-state index contributed by atoms with van der Waals surface area (Å²) in [6, 6.07) is 0.554. The molecule has 90 valence electrons. The number of nitrogens with one attached hydrogen (secondary N) is 1. The molecule has 0 radical (unpaired) electrons. The van der Waals surface area contributed by atoms with Gasteiger partial charge >= 0.3 is 0 Å². The molecule has 0 aromatic carbocycles. The van der Waals surface area contributed by atoms with Gasteiger partial charge in [-0.3, -0.25) is 0 Å². The van der Waals surface area contributed by atoms with E-state index in [0.717, 1.165) is 30.6 Å². The molecule has 2 unspecified atom stereocenters. The molecule has 1 aliphatic heterocycles. The van der Waals surface area contributed by atoms with Crippen LogP contribution in [0, 0.1) is 5.92 Å². The Bertz CT molecular complexity index is 156. The Labute approximate surface area is 98.5 Å². The van der Waals surface area contributed by atoms with Crippen LogP contribution in [-0.4, -0.2) is 36.8 Å². The van der Waals surface area contributed by atoms with E-state index in [0.29, 0.717) is 12.1 Å². The zero-order valence-corrected chi connectivity index (χ0v) is 11.1. The fraction of sp³-hybridized carbons (Fsp3) is 1.00. The van der Waals surface area contributed by atoms with Crippen LogP contribution in [0.2, 0.25) is 0 Å². The number of ether oxygens (including phenoxy) is 1. The summed E-state index contributed by atoms with van der Waals surface area (Å²) < 4.78 is 5.89. The Morgan fingerprint density at radius 2 is 2.07 bits per heavy atom. The Kier molecular flexibility index (Phi) is 6.69. The quantitative estimate of drug-likeness (QED) is 0.759. The topological polar surface area (TPSA) is 21.3 Å². The molecule has 1 rings (SSSR count). The SMILES string of the molecule is CCNC(C(CC)CC)C1CSCCO1. The fourth-order valence-corrected chi connectivity index (χ4v) is 3.26. The predicted molar refractivity (Wildman–Crippen MR) is 68.6 cm³/mol. The van der Waals surface area contributed by atoms with E-state index in [1.54, 1.807) is 0 Å². The minimum atomic E-state index is 0.425. The van der Waals surface area contributed by atoms with Crippen LogP contribution < -0.4 is 5.32 Å². The molecule has 1 aliphatic rings. The number of thioether (sulfide) groups is 1. The van der Waals surface area contributed by atoms with Crippen molar-refractivity contribution in [3.8, 4) is 0 Å². The number of hydrogen-bond donors (Lipinski definition) is 1. The third kappa shape index (κ3) is 3.97. The monoisotopic (exact) mass is 231 g/mol. The Morgan fingerprint density at radius 1 is 1.33 bits per heavy atom. The normalized spacial score (nSPS) is 24.4. The molecule has 2 atom stereocenters. The lowest BCUT2D eigenvalue weighted by molar-refractivity contribution is 0.0287. The smallest absolute Gasteiger partial charge is 0.0821 e. The standard InChI is InChI=1S/C12H25NOS/c1-4-10(5-2)12(13-6-3)11-9-15-8-7-14-11/h10-13H,4-9H2,1-3H3. The number of likely N-dealkylation sites (N-methyl/N-ethyl adjacent to an activating group) is 1. The van der Waals surface area contributed by atoms with Gasteiger partial charge in [-0.2, -0.15) is 11.8 Å².